The molecule has 2 rings (SSSR count). The zero-order valence-corrected chi connectivity index (χ0v) is 11.3. The topological polar surface area (TPSA) is 26.0 Å². The van der Waals surface area contributed by atoms with E-state index in [1.165, 1.54) is 6.07 Å². The fourth-order valence-electron chi connectivity index (χ4n) is 3.08. The minimum Gasteiger partial charge on any atom is -0.321 e. The molecule has 1 saturated carbocycles. The molecule has 1 fully saturated rings. The molecule has 19 heavy (non-hydrogen) atoms. The zero-order chi connectivity index (χ0) is 14.2. The highest BCUT2D eigenvalue weighted by atomic mass is 19.2. The van der Waals surface area contributed by atoms with Crippen molar-refractivity contribution >= 4 is 0 Å². The van der Waals surface area contributed by atoms with Gasteiger partial charge in [0.15, 0.2) is 17.5 Å². The Bertz CT molecular complexity index is 473. The monoisotopic (exact) mass is 271 g/mol. The molecule has 0 radical (unpaired) electrons. The van der Waals surface area contributed by atoms with E-state index in [4.69, 9.17) is 5.73 Å². The average molecular weight is 271 g/mol. The van der Waals surface area contributed by atoms with Crippen LogP contribution in [-0.2, 0) is 5.54 Å². The molecule has 0 amide bonds. The molecule has 0 heterocycles. The Morgan fingerprint density at radius 2 is 1.89 bits per heavy atom. The minimum atomic E-state index is -1.42. The fraction of sp³-hybridized carbons (Fsp3) is 0.600. The standard InChI is InChI=1S/C15H20F3N/c1-9(2)10-4-3-7-15(19,8-10)11-5-6-12(16)14(18)13(11)17/h5-6,9-10H,3-4,7-8,19H2,1-2H3. The molecule has 0 aliphatic heterocycles. The third-order valence-corrected chi connectivity index (χ3v) is 4.34. The Labute approximate surface area is 112 Å². The van der Waals surface area contributed by atoms with E-state index in [1.807, 2.05) is 0 Å². The molecule has 1 aromatic carbocycles. The van der Waals surface area contributed by atoms with E-state index >= 15 is 0 Å². The summed E-state index contributed by atoms with van der Waals surface area (Å²) in [5.74, 6) is -2.87. The number of nitrogens with two attached hydrogens (primary N) is 1. The molecule has 106 valence electrons. The maximum Gasteiger partial charge on any atom is 0.194 e. The molecule has 0 spiro atoms. The van der Waals surface area contributed by atoms with Crippen LogP contribution in [0.5, 0.6) is 0 Å². The summed E-state index contributed by atoms with van der Waals surface area (Å²) < 4.78 is 40.3. The molecule has 2 atom stereocenters. The van der Waals surface area contributed by atoms with E-state index in [0.717, 1.165) is 18.9 Å². The van der Waals surface area contributed by atoms with Crippen LogP contribution in [-0.4, -0.2) is 0 Å². The minimum absolute atomic E-state index is 0.108. The summed E-state index contributed by atoms with van der Waals surface area (Å²) in [4.78, 5) is 0. The van der Waals surface area contributed by atoms with Gasteiger partial charge in [-0.3, -0.25) is 0 Å². The first-order chi connectivity index (χ1) is 8.85. The van der Waals surface area contributed by atoms with Gasteiger partial charge < -0.3 is 5.73 Å². The lowest BCUT2D eigenvalue weighted by molar-refractivity contribution is 0.179. The highest BCUT2D eigenvalue weighted by Crippen LogP contribution is 2.42. The van der Waals surface area contributed by atoms with Gasteiger partial charge in [0, 0.05) is 11.1 Å². The Balaban J connectivity index is 2.37. The van der Waals surface area contributed by atoms with E-state index in [1.54, 1.807) is 0 Å². The summed E-state index contributed by atoms with van der Waals surface area (Å²) in [7, 11) is 0. The van der Waals surface area contributed by atoms with Gasteiger partial charge in [-0.2, -0.15) is 0 Å². The van der Waals surface area contributed by atoms with Crippen LogP contribution in [0, 0.1) is 29.3 Å². The summed E-state index contributed by atoms with van der Waals surface area (Å²) in [6, 6.07) is 2.25. The van der Waals surface area contributed by atoms with Gasteiger partial charge in [0.2, 0.25) is 0 Å². The van der Waals surface area contributed by atoms with Crippen molar-refractivity contribution in [1.82, 2.24) is 0 Å². The SMILES string of the molecule is CC(C)C1CCCC(N)(c2ccc(F)c(F)c2F)C1. The molecule has 1 nitrogen and oxygen atoms in total. The van der Waals surface area contributed by atoms with Crippen molar-refractivity contribution in [3.8, 4) is 0 Å². The molecule has 0 aromatic heterocycles. The molecule has 1 aliphatic rings. The smallest absolute Gasteiger partial charge is 0.194 e. The Hall–Kier alpha value is -1.03. The van der Waals surface area contributed by atoms with Gasteiger partial charge in [0.25, 0.3) is 0 Å². The molecule has 4 heteroatoms. The van der Waals surface area contributed by atoms with Crippen molar-refractivity contribution in [2.24, 2.45) is 17.6 Å². The Kier molecular flexibility index (Phi) is 3.90. The predicted molar refractivity (Wildman–Crippen MR) is 69.0 cm³/mol. The van der Waals surface area contributed by atoms with Crippen molar-refractivity contribution in [1.29, 1.82) is 0 Å². The van der Waals surface area contributed by atoms with Crippen LogP contribution in [0.3, 0.4) is 0 Å². The number of benzene rings is 1. The average Bonchev–Trinajstić information content (AvgIpc) is 2.35. The van der Waals surface area contributed by atoms with Gasteiger partial charge in [0.05, 0.1) is 0 Å². The molecule has 0 saturated heterocycles. The predicted octanol–water partition coefficient (Wildman–Crippen LogP) is 4.10. The molecule has 2 unspecified atom stereocenters. The first-order valence-corrected chi connectivity index (χ1v) is 6.78. The molecule has 1 aliphatic carbocycles. The largest absolute Gasteiger partial charge is 0.321 e. The van der Waals surface area contributed by atoms with Crippen molar-refractivity contribution in [2.75, 3.05) is 0 Å². The van der Waals surface area contributed by atoms with Gasteiger partial charge in [-0.05, 0) is 30.7 Å². The lowest BCUT2D eigenvalue weighted by Gasteiger charge is -2.40. The normalized spacial score (nSPS) is 27.8. The summed E-state index contributed by atoms with van der Waals surface area (Å²) in [5.41, 5.74) is 5.52. The highest BCUT2D eigenvalue weighted by molar-refractivity contribution is 5.28. The van der Waals surface area contributed by atoms with Gasteiger partial charge >= 0.3 is 0 Å². The van der Waals surface area contributed by atoms with Gasteiger partial charge in [-0.1, -0.05) is 32.8 Å². The maximum atomic E-state index is 13.9. The number of hydrogen-bond donors (Lipinski definition) is 1. The maximum absolute atomic E-state index is 13.9. The van der Waals surface area contributed by atoms with Gasteiger partial charge in [0.1, 0.15) is 0 Å². The molecular weight excluding hydrogens is 251 g/mol. The summed E-state index contributed by atoms with van der Waals surface area (Å²) >= 11 is 0. The van der Waals surface area contributed by atoms with E-state index in [9.17, 15) is 13.2 Å². The van der Waals surface area contributed by atoms with E-state index in [0.29, 0.717) is 24.7 Å². The third-order valence-electron chi connectivity index (χ3n) is 4.34. The summed E-state index contributed by atoms with van der Waals surface area (Å²) in [6.07, 6.45) is 3.17. The lowest BCUT2D eigenvalue weighted by Crippen LogP contribution is -2.43. The van der Waals surface area contributed by atoms with Crippen LogP contribution < -0.4 is 5.73 Å². The summed E-state index contributed by atoms with van der Waals surface area (Å²) in [6.45, 7) is 4.22. The fourth-order valence-corrected chi connectivity index (χ4v) is 3.08. The molecule has 1 aromatic rings. The first kappa shape index (κ1) is 14.4. The van der Waals surface area contributed by atoms with Crippen LogP contribution in [0.2, 0.25) is 0 Å². The molecule has 0 bridgehead atoms. The van der Waals surface area contributed by atoms with Gasteiger partial charge in [-0.25, -0.2) is 13.2 Å². The van der Waals surface area contributed by atoms with E-state index in [-0.39, 0.29) is 5.56 Å². The van der Waals surface area contributed by atoms with Crippen molar-refractivity contribution in [3.63, 3.8) is 0 Å². The van der Waals surface area contributed by atoms with Crippen LogP contribution in [0.1, 0.15) is 45.1 Å². The second kappa shape index (κ2) is 5.16. The first-order valence-electron chi connectivity index (χ1n) is 6.78. The zero-order valence-electron chi connectivity index (χ0n) is 11.3. The lowest BCUT2D eigenvalue weighted by atomic mass is 9.69. The van der Waals surface area contributed by atoms with E-state index < -0.39 is 23.0 Å². The second-order valence-corrected chi connectivity index (χ2v) is 5.98. The third kappa shape index (κ3) is 2.64. The molecule has 2 N–H and O–H groups in total. The van der Waals surface area contributed by atoms with Crippen LogP contribution >= 0.6 is 0 Å². The Morgan fingerprint density at radius 3 is 2.53 bits per heavy atom. The van der Waals surface area contributed by atoms with Crippen LogP contribution in [0.25, 0.3) is 0 Å². The van der Waals surface area contributed by atoms with Crippen LogP contribution in [0.15, 0.2) is 12.1 Å². The second-order valence-electron chi connectivity index (χ2n) is 5.98. The van der Waals surface area contributed by atoms with Gasteiger partial charge in [-0.15, -0.1) is 0 Å². The van der Waals surface area contributed by atoms with Crippen molar-refractivity contribution in [3.05, 3.63) is 35.1 Å². The number of rotatable bonds is 2. The van der Waals surface area contributed by atoms with E-state index in [2.05, 4.69) is 13.8 Å². The highest BCUT2D eigenvalue weighted by Gasteiger charge is 2.38. The number of halogens is 3. The van der Waals surface area contributed by atoms with Crippen LogP contribution in [0.4, 0.5) is 13.2 Å². The Morgan fingerprint density at radius 1 is 1.21 bits per heavy atom. The quantitative estimate of drug-likeness (QED) is 0.805. The number of hydrogen-bond acceptors (Lipinski definition) is 1. The summed E-state index contributed by atoms with van der Waals surface area (Å²) in [5, 5.41) is 0. The van der Waals surface area contributed by atoms with Crippen molar-refractivity contribution in [2.45, 2.75) is 45.1 Å². The van der Waals surface area contributed by atoms with Crippen molar-refractivity contribution < 1.29 is 13.2 Å². The molecular formula is C15H20F3N.